The van der Waals surface area contributed by atoms with Gasteiger partial charge in [0.25, 0.3) is 0 Å². The van der Waals surface area contributed by atoms with Gasteiger partial charge in [-0.2, -0.15) is 0 Å². The number of aliphatic hydroxyl groups is 1. The van der Waals surface area contributed by atoms with E-state index in [9.17, 15) is 5.11 Å². The SMILES string of the molecule is Cc1ncsc1CCC(C)(CO)C(C)C. The fourth-order valence-corrected chi connectivity index (χ4v) is 2.30. The van der Waals surface area contributed by atoms with Crippen LogP contribution in [0, 0.1) is 18.3 Å². The Morgan fingerprint density at radius 1 is 1.53 bits per heavy atom. The van der Waals surface area contributed by atoms with Crippen molar-refractivity contribution in [2.24, 2.45) is 11.3 Å². The summed E-state index contributed by atoms with van der Waals surface area (Å²) in [6, 6.07) is 0. The van der Waals surface area contributed by atoms with Crippen LogP contribution in [0.15, 0.2) is 5.51 Å². The minimum absolute atomic E-state index is 0.0381. The molecule has 3 heteroatoms. The van der Waals surface area contributed by atoms with Crippen LogP contribution in [-0.4, -0.2) is 16.7 Å². The van der Waals surface area contributed by atoms with Crippen LogP contribution in [-0.2, 0) is 6.42 Å². The van der Waals surface area contributed by atoms with Crippen LogP contribution >= 0.6 is 11.3 Å². The summed E-state index contributed by atoms with van der Waals surface area (Å²) >= 11 is 1.72. The van der Waals surface area contributed by atoms with Crippen LogP contribution in [0.4, 0.5) is 0 Å². The van der Waals surface area contributed by atoms with E-state index in [1.165, 1.54) is 4.88 Å². The van der Waals surface area contributed by atoms with E-state index in [0.29, 0.717) is 5.92 Å². The van der Waals surface area contributed by atoms with Crippen LogP contribution in [0.5, 0.6) is 0 Å². The molecule has 1 heterocycles. The Bertz CT molecular complexity index is 308. The van der Waals surface area contributed by atoms with Crippen molar-refractivity contribution < 1.29 is 5.11 Å². The summed E-state index contributed by atoms with van der Waals surface area (Å²) in [7, 11) is 0. The van der Waals surface area contributed by atoms with Crippen molar-refractivity contribution in [1.29, 1.82) is 0 Å². The first-order chi connectivity index (χ1) is 6.99. The van der Waals surface area contributed by atoms with E-state index in [2.05, 4.69) is 32.7 Å². The lowest BCUT2D eigenvalue weighted by molar-refractivity contribution is 0.0859. The number of nitrogens with zero attached hydrogens (tertiary/aromatic N) is 1. The number of aryl methyl sites for hydroxylation is 2. The second-order valence-corrected chi connectivity index (χ2v) is 5.77. The number of hydrogen-bond acceptors (Lipinski definition) is 3. The fourth-order valence-electron chi connectivity index (χ4n) is 1.52. The average molecular weight is 227 g/mol. The number of thiazole rings is 1. The molecular formula is C12H21NOS. The van der Waals surface area contributed by atoms with Gasteiger partial charge < -0.3 is 5.11 Å². The monoisotopic (exact) mass is 227 g/mol. The zero-order valence-corrected chi connectivity index (χ0v) is 10.9. The lowest BCUT2D eigenvalue weighted by Crippen LogP contribution is -2.28. The largest absolute Gasteiger partial charge is 0.396 e. The van der Waals surface area contributed by atoms with Crippen molar-refractivity contribution in [3.8, 4) is 0 Å². The molecule has 0 aliphatic rings. The highest BCUT2D eigenvalue weighted by Crippen LogP contribution is 2.32. The molecule has 0 saturated carbocycles. The Balaban J connectivity index is 2.59. The molecule has 0 bridgehead atoms. The Labute approximate surface area is 96.4 Å². The van der Waals surface area contributed by atoms with Gasteiger partial charge in [-0.25, -0.2) is 4.98 Å². The molecule has 0 aliphatic heterocycles. The zero-order valence-electron chi connectivity index (χ0n) is 10.1. The van der Waals surface area contributed by atoms with Gasteiger partial charge in [0.15, 0.2) is 0 Å². The summed E-state index contributed by atoms with van der Waals surface area (Å²) in [5.41, 5.74) is 3.08. The summed E-state index contributed by atoms with van der Waals surface area (Å²) < 4.78 is 0. The summed E-state index contributed by atoms with van der Waals surface area (Å²) in [5.74, 6) is 0.510. The third kappa shape index (κ3) is 3.02. The van der Waals surface area contributed by atoms with Crippen molar-refractivity contribution in [2.45, 2.75) is 40.5 Å². The molecule has 1 N–H and O–H groups in total. The molecule has 0 fully saturated rings. The third-order valence-corrected chi connectivity index (χ3v) is 4.52. The van der Waals surface area contributed by atoms with Gasteiger partial charge in [0.05, 0.1) is 11.2 Å². The molecule has 2 nitrogen and oxygen atoms in total. The molecule has 1 aromatic heterocycles. The molecular weight excluding hydrogens is 206 g/mol. The quantitative estimate of drug-likeness (QED) is 0.838. The van der Waals surface area contributed by atoms with E-state index in [-0.39, 0.29) is 12.0 Å². The molecule has 1 rings (SSSR count). The lowest BCUT2D eigenvalue weighted by Gasteiger charge is -2.31. The fraction of sp³-hybridized carbons (Fsp3) is 0.750. The Morgan fingerprint density at radius 2 is 2.20 bits per heavy atom. The van der Waals surface area contributed by atoms with Crippen molar-refractivity contribution in [3.63, 3.8) is 0 Å². The summed E-state index contributed by atoms with van der Waals surface area (Å²) in [6.07, 6.45) is 2.07. The first-order valence-electron chi connectivity index (χ1n) is 5.49. The maximum absolute atomic E-state index is 9.44. The molecule has 15 heavy (non-hydrogen) atoms. The molecule has 0 aliphatic carbocycles. The van der Waals surface area contributed by atoms with Gasteiger partial charge in [0, 0.05) is 11.5 Å². The molecule has 0 saturated heterocycles. The van der Waals surface area contributed by atoms with Gasteiger partial charge >= 0.3 is 0 Å². The van der Waals surface area contributed by atoms with Crippen molar-refractivity contribution in [1.82, 2.24) is 4.98 Å². The number of aromatic nitrogens is 1. The molecule has 0 amide bonds. The first kappa shape index (κ1) is 12.7. The van der Waals surface area contributed by atoms with Crippen LogP contribution in [0.25, 0.3) is 0 Å². The summed E-state index contributed by atoms with van der Waals surface area (Å²) in [4.78, 5) is 5.60. The maximum Gasteiger partial charge on any atom is 0.0797 e. The second-order valence-electron chi connectivity index (χ2n) is 4.83. The van der Waals surface area contributed by atoms with E-state index in [1.807, 2.05) is 5.51 Å². The average Bonchev–Trinajstić information content (AvgIpc) is 2.60. The number of rotatable bonds is 5. The van der Waals surface area contributed by atoms with Crippen molar-refractivity contribution in [3.05, 3.63) is 16.1 Å². The van der Waals surface area contributed by atoms with Crippen LogP contribution in [0.3, 0.4) is 0 Å². The molecule has 0 radical (unpaired) electrons. The molecule has 1 atom stereocenters. The van der Waals surface area contributed by atoms with Crippen LogP contribution < -0.4 is 0 Å². The Kier molecular flexibility index (Phi) is 4.29. The standard InChI is InChI=1S/C12H21NOS/c1-9(2)12(4,7-14)6-5-11-10(3)13-8-15-11/h8-9,14H,5-7H2,1-4H3. The lowest BCUT2D eigenvalue weighted by atomic mass is 9.76. The van der Waals surface area contributed by atoms with E-state index in [0.717, 1.165) is 18.5 Å². The predicted molar refractivity (Wildman–Crippen MR) is 65.2 cm³/mol. The third-order valence-electron chi connectivity index (χ3n) is 3.52. The van der Waals surface area contributed by atoms with E-state index in [4.69, 9.17) is 0 Å². The first-order valence-corrected chi connectivity index (χ1v) is 6.37. The molecule has 86 valence electrons. The normalized spacial score (nSPS) is 15.6. The predicted octanol–water partition coefficient (Wildman–Crippen LogP) is 3.04. The maximum atomic E-state index is 9.44. The van der Waals surface area contributed by atoms with Gasteiger partial charge in [-0.1, -0.05) is 20.8 Å². The Morgan fingerprint density at radius 3 is 2.60 bits per heavy atom. The minimum atomic E-state index is 0.0381. The van der Waals surface area contributed by atoms with Gasteiger partial charge in [0.2, 0.25) is 0 Å². The van der Waals surface area contributed by atoms with Gasteiger partial charge in [-0.15, -0.1) is 11.3 Å². The molecule has 1 unspecified atom stereocenters. The molecule has 1 aromatic rings. The molecule has 0 spiro atoms. The van der Waals surface area contributed by atoms with Crippen molar-refractivity contribution in [2.75, 3.05) is 6.61 Å². The minimum Gasteiger partial charge on any atom is -0.396 e. The van der Waals surface area contributed by atoms with E-state index >= 15 is 0 Å². The highest BCUT2D eigenvalue weighted by molar-refractivity contribution is 7.09. The number of hydrogen-bond donors (Lipinski definition) is 1. The summed E-state index contributed by atoms with van der Waals surface area (Å²) in [6.45, 7) is 8.83. The van der Waals surface area contributed by atoms with Crippen LogP contribution in [0.2, 0.25) is 0 Å². The highest BCUT2D eigenvalue weighted by Gasteiger charge is 2.27. The smallest absolute Gasteiger partial charge is 0.0797 e. The van der Waals surface area contributed by atoms with Gasteiger partial charge in [-0.3, -0.25) is 0 Å². The van der Waals surface area contributed by atoms with Gasteiger partial charge in [0.1, 0.15) is 0 Å². The molecule has 0 aromatic carbocycles. The van der Waals surface area contributed by atoms with Gasteiger partial charge in [-0.05, 0) is 31.1 Å². The van der Waals surface area contributed by atoms with Crippen molar-refractivity contribution >= 4 is 11.3 Å². The van der Waals surface area contributed by atoms with E-state index < -0.39 is 0 Å². The highest BCUT2D eigenvalue weighted by atomic mass is 32.1. The number of aliphatic hydroxyl groups excluding tert-OH is 1. The second kappa shape index (κ2) is 5.08. The zero-order chi connectivity index (χ0) is 11.5. The summed E-state index contributed by atoms with van der Waals surface area (Å²) in [5, 5.41) is 9.44. The van der Waals surface area contributed by atoms with Crippen LogP contribution in [0.1, 0.15) is 37.8 Å². The van der Waals surface area contributed by atoms with E-state index in [1.54, 1.807) is 11.3 Å². The topological polar surface area (TPSA) is 33.1 Å². The Hall–Kier alpha value is -0.410.